The molecule has 0 aliphatic rings. The fourth-order valence-corrected chi connectivity index (χ4v) is 10.3. The van der Waals surface area contributed by atoms with Crippen molar-refractivity contribution in [1.29, 1.82) is 0 Å². The first-order valence-electron chi connectivity index (χ1n) is 22.9. The van der Waals surface area contributed by atoms with Crippen LogP contribution in [0.25, 0.3) is 105 Å². The number of hydrogen-bond acceptors (Lipinski definition) is 2. The minimum Gasteiger partial charge on any atom is -0.456 e. The number of hydrogen-bond donors (Lipinski definition) is 0. The monoisotopic (exact) mass is 854 g/mol. The predicted octanol–water partition coefficient (Wildman–Crippen LogP) is 18.0. The molecule has 2 aromatic heterocycles. The number of rotatable bonds is 8. The van der Waals surface area contributed by atoms with Crippen LogP contribution in [0.4, 0.5) is 17.1 Å². The van der Waals surface area contributed by atoms with Gasteiger partial charge in [-0.1, -0.05) is 182 Å². The molecular weight excluding hydrogens is 813 g/mol. The van der Waals surface area contributed by atoms with E-state index in [1.807, 2.05) is 12.1 Å². The quantitative estimate of drug-likeness (QED) is 0.152. The van der Waals surface area contributed by atoms with Crippen LogP contribution in [0.5, 0.6) is 0 Å². The first-order chi connectivity index (χ1) is 33.2. The molecule has 13 aromatic rings. The van der Waals surface area contributed by atoms with Crippen molar-refractivity contribution in [3.8, 4) is 50.2 Å². The van der Waals surface area contributed by atoms with Crippen molar-refractivity contribution in [3.05, 3.63) is 255 Å². The van der Waals surface area contributed by atoms with E-state index in [0.29, 0.717) is 0 Å². The Morgan fingerprint density at radius 1 is 0.299 bits per heavy atom. The van der Waals surface area contributed by atoms with Crippen LogP contribution in [-0.2, 0) is 0 Å². The van der Waals surface area contributed by atoms with E-state index in [0.717, 1.165) is 66.9 Å². The molecule has 11 aromatic carbocycles. The number of furan rings is 1. The molecule has 0 bridgehead atoms. The average molecular weight is 855 g/mol. The maximum Gasteiger partial charge on any atom is 0.136 e. The number of fused-ring (bicyclic) bond motifs is 7. The molecule has 0 N–H and O–H groups in total. The zero-order valence-corrected chi connectivity index (χ0v) is 36.6. The number of aromatic nitrogens is 1. The fourth-order valence-electron chi connectivity index (χ4n) is 10.3. The second-order valence-corrected chi connectivity index (χ2v) is 17.2. The van der Waals surface area contributed by atoms with Gasteiger partial charge in [-0.25, -0.2) is 0 Å². The van der Waals surface area contributed by atoms with E-state index in [-0.39, 0.29) is 0 Å². The Labute approximate surface area is 388 Å². The maximum atomic E-state index is 6.28. The SMILES string of the molecule is c1cc(-c2ccc(N(c3ccc(-c4ccccc4-c4cccc5ccccc45)cc3)c3ccc(-c4cccc5oc6ccccc6c45)cc3)cc2)cc(-n2c3ccccc3c3ccccc32)c1. The van der Waals surface area contributed by atoms with Gasteiger partial charge in [0, 0.05) is 44.3 Å². The van der Waals surface area contributed by atoms with E-state index in [1.54, 1.807) is 0 Å². The molecule has 3 heteroatoms. The van der Waals surface area contributed by atoms with Gasteiger partial charge in [0.1, 0.15) is 11.2 Å². The molecule has 0 atom stereocenters. The third-order valence-electron chi connectivity index (χ3n) is 13.4. The van der Waals surface area contributed by atoms with Gasteiger partial charge in [-0.2, -0.15) is 0 Å². The van der Waals surface area contributed by atoms with Gasteiger partial charge < -0.3 is 13.9 Å². The minimum absolute atomic E-state index is 0.896. The minimum atomic E-state index is 0.896. The third kappa shape index (κ3) is 6.59. The first kappa shape index (κ1) is 38.5. The van der Waals surface area contributed by atoms with Gasteiger partial charge in [0.05, 0.1) is 11.0 Å². The summed E-state index contributed by atoms with van der Waals surface area (Å²) >= 11 is 0. The molecule has 3 nitrogen and oxygen atoms in total. The molecule has 0 aliphatic carbocycles. The van der Waals surface area contributed by atoms with E-state index >= 15 is 0 Å². The summed E-state index contributed by atoms with van der Waals surface area (Å²) in [5.41, 5.74) is 18.0. The standard InChI is InChI=1S/C64H42N2O/c1-2-18-52-44(14-1)15-12-25-56(52)55-20-4-3-19-53(55)45-32-38-49(39-33-45)65(50-40-34-46(35-41-50)54-24-13-29-63-64(54)59-23-7-10-28-62(59)67-63)48-36-30-43(31-37-48)47-16-11-17-51(42-47)66-60-26-8-5-21-57(60)58-22-6-9-27-61(58)66/h1-42H. The van der Waals surface area contributed by atoms with Gasteiger partial charge in [-0.15, -0.1) is 0 Å². The topological polar surface area (TPSA) is 21.3 Å². The molecule has 0 amide bonds. The molecule has 0 radical (unpaired) electrons. The number of nitrogens with zero attached hydrogens (tertiary/aromatic N) is 2. The lowest BCUT2D eigenvalue weighted by Gasteiger charge is -2.26. The predicted molar refractivity (Wildman–Crippen MR) is 282 cm³/mol. The molecule has 0 unspecified atom stereocenters. The molecule has 0 saturated heterocycles. The Morgan fingerprint density at radius 3 is 1.48 bits per heavy atom. The third-order valence-corrected chi connectivity index (χ3v) is 13.4. The van der Waals surface area contributed by atoms with Crippen molar-refractivity contribution in [2.45, 2.75) is 0 Å². The van der Waals surface area contributed by atoms with E-state index in [2.05, 4.69) is 252 Å². The highest BCUT2D eigenvalue weighted by atomic mass is 16.3. The normalized spacial score (nSPS) is 11.6. The van der Waals surface area contributed by atoms with Gasteiger partial charge in [0.2, 0.25) is 0 Å². The van der Waals surface area contributed by atoms with Crippen LogP contribution < -0.4 is 4.90 Å². The molecule has 0 aliphatic heterocycles. The summed E-state index contributed by atoms with van der Waals surface area (Å²) < 4.78 is 8.66. The summed E-state index contributed by atoms with van der Waals surface area (Å²) in [5.74, 6) is 0. The van der Waals surface area contributed by atoms with Crippen LogP contribution in [0.2, 0.25) is 0 Å². The van der Waals surface area contributed by atoms with Gasteiger partial charge in [0.25, 0.3) is 0 Å². The highest BCUT2D eigenvalue weighted by Gasteiger charge is 2.18. The highest BCUT2D eigenvalue weighted by molar-refractivity contribution is 6.13. The summed E-state index contributed by atoms with van der Waals surface area (Å²) in [6.45, 7) is 0. The zero-order chi connectivity index (χ0) is 44.3. The molecule has 67 heavy (non-hydrogen) atoms. The van der Waals surface area contributed by atoms with Gasteiger partial charge >= 0.3 is 0 Å². The lowest BCUT2D eigenvalue weighted by Crippen LogP contribution is -2.09. The van der Waals surface area contributed by atoms with Crippen molar-refractivity contribution in [3.63, 3.8) is 0 Å². The molecule has 314 valence electrons. The molecular formula is C64H42N2O. The van der Waals surface area contributed by atoms with Gasteiger partial charge in [-0.3, -0.25) is 0 Å². The van der Waals surface area contributed by atoms with Gasteiger partial charge in [-0.05, 0) is 128 Å². The Hall–Kier alpha value is -8.92. The molecule has 0 spiro atoms. The summed E-state index contributed by atoms with van der Waals surface area (Å²) in [7, 11) is 0. The van der Waals surface area contributed by atoms with Crippen LogP contribution in [0, 0.1) is 0 Å². The van der Waals surface area contributed by atoms with Crippen molar-refractivity contribution in [1.82, 2.24) is 4.57 Å². The van der Waals surface area contributed by atoms with Crippen LogP contribution >= 0.6 is 0 Å². The number of para-hydroxylation sites is 3. The molecule has 0 saturated carbocycles. The van der Waals surface area contributed by atoms with Gasteiger partial charge in [0.15, 0.2) is 0 Å². The summed E-state index contributed by atoms with van der Waals surface area (Å²) in [6, 6.07) is 91.9. The molecule has 0 fully saturated rings. The fraction of sp³-hybridized carbons (Fsp3) is 0. The molecule has 2 heterocycles. The van der Waals surface area contributed by atoms with Crippen molar-refractivity contribution in [2.24, 2.45) is 0 Å². The lowest BCUT2D eigenvalue weighted by molar-refractivity contribution is 0.669. The number of anilines is 3. The smallest absolute Gasteiger partial charge is 0.136 e. The Bertz CT molecular complexity index is 3910. The van der Waals surface area contributed by atoms with Crippen LogP contribution in [0.3, 0.4) is 0 Å². The molecule has 13 rings (SSSR count). The largest absolute Gasteiger partial charge is 0.456 e. The van der Waals surface area contributed by atoms with E-state index in [9.17, 15) is 0 Å². The van der Waals surface area contributed by atoms with E-state index < -0.39 is 0 Å². The van der Waals surface area contributed by atoms with Crippen molar-refractivity contribution in [2.75, 3.05) is 4.90 Å². The Balaban J connectivity index is 0.895. The second kappa shape index (κ2) is 16.0. The van der Waals surface area contributed by atoms with E-state index in [4.69, 9.17) is 4.42 Å². The summed E-state index contributed by atoms with van der Waals surface area (Å²) in [4.78, 5) is 2.36. The first-order valence-corrected chi connectivity index (χ1v) is 22.9. The average Bonchev–Trinajstić information content (AvgIpc) is 3.96. The Morgan fingerprint density at radius 2 is 0.776 bits per heavy atom. The second-order valence-electron chi connectivity index (χ2n) is 17.2. The summed E-state index contributed by atoms with van der Waals surface area (Å²) in [5, 5.41) is 7.28. The highest BCUT2D eigenvalue weighted by Crippen LogP contribution is 2.42. The van der Waals surface area contributed by atoms with Crippen LogP contribution in [0.15, 0.2) is 259 Å². The summed E-state index contributed by atoms with van der Waals surface area (Å²) in [6.07, 6.45) is 0. The van der Waals surface area contributed by atoms with Crippen LogP contribution in [-0.4, -0.2) is 4.57 Å². The van der Waals surface area contributed by atoms with Crippen molar-refractivity contribution < 1.29 is 4.42 Å². The maximum absolute atomic E-state index is 6.28. The lowest BCUT2D eigenvalue weighted by atomic mass is 9.91. The van der Waals surface area contributed by atoms with Crippen molar-refractivity contribution >= 4 is 71.6 Å². The number of benzene rings is 11. The Kier molecular flexibility index (Phi) is 9.17. The van der Waals surface area contributed by atoms with E-state index in [1.165, 1.54) is 54.8 Å². The zero-order valence-electron chi connectivity index (χ0n) is 36.6. The van der Waals surface area contributed by atoms with Crippen LogP contribution in [0.1, 0.15) is 0 Å².